The molecule has 0 spiro atoms. The van der Waals surface area contributed by atoms with Crippen molar-refractivity contribution in [2.24, 2.45) is 17.8 Å². The van der Waals surface area contributed by atoms with Crippen LogP contribution in [0.15, 0.2) is 30.3 Å². The van der Waals surface area contributed by atoms with E-state index in [4.69, 9.17) is 0 Å². The summed E-state index contributed by atoms with van der Waals surface area (Å²) in [6, 6.07) is 7.15. The Morgan fingerprint density at radius 3 is 2.00 bits per heavy atom. The molecule has 0 bridgehead atoms. The lowest BCUT2D eigenvalue weighted by Crippen LogP contribution is -2.61. The van der Waals surface area contributed by atoms with Gasteiger partial charge in [-0.1, -0.05) is 71.9 Å². The number of benzene rings is 1. The highest BCUT2D eigenvalue weighted by molar-refractivity contribution is 5.95. The molecule has 0 aromatic heterocycles. The maximum Gasteiger partial charge on any atom is 0.246 e. The van der Waals surface area contributed by atoms with Crippen molar-refractivity contribution in [3.05, 3.63) is 35.9 Å². The Labute approximate surface area is 276 Å². The summed E-state index contributed by atoms with van der Waals surface area (Å²) in [5.74, 6) is -1.26. The molecular weight excluding hydrogens is 582 g/mol. The van der Waals surface area contributed by atoms with Gasteiger partial charge in [-0.3, -0.25) is 24.1 Å². The number of aliphatic hydroxyl groups is 1. The predicted molar refractivity (Wildman–Crippen MR) is 181 cm³/mol. The van der Waals surface area contributed by atoms with Crippen molar-refractivity contribution >= 4 is 23.6 Å². The van der Waals surface area contributed by atoms with Crippen LogP contribution >= 0.6 is 0 Å². The van der Waals surface area contributed by atoms with Gasteiger partial charge in [-0.25, -0.2) is 0 Å². The summed E-state index contributed by atoms with van der Waals surface area (Å²) in [5.41, 5.74) is 1.15. The number of nitrogens with zero attached hydrogens (tertiary/aromatic N) is 4. The quantitative estimate of drug-likeness (QED) is 0.323. The molecule has 0 saturated carbocycles. The van der Waals surface area contributed by atoms with Crippen LogP contribution in [0.1, 0.15) is 79.2 Å². The van der Waals surface area contributed by atoms with Gasteiger partial charge in [-0.15, -0.1) is 0 Å². The number of aliphatic hydroxyl groups excluding tert-OH is 1. The highest BCUT2D eigenvalue weighted by Gasteiger charge is 2.45. The summed E-state index contributed by atoms with van der Waals surface area (Å²) in [6.45, 7) is 12.5. The molecule has 0 unspecified atom stereocenters. The predicted octanol–water partition coefficient (Wildman–Crippen LogP) is 3.17. The minimum absolute atomic E-state index is 0.0467. The van der Waals surface area contributed by atoms with Crippen LogP contribution in [0.3, 0.4) is 0 Å². The van der Waals surface area contributed by atoms with E-state index in [0.717, 1.165) is 24.8 Å². The van der Waals surface area contributed by atoms with Crippen molar-refractivity contribution in [2.75, 3.05) is 34.2 Å². The van der Waals surface area contributed by atoms with E-state index < -0.39 is 30.3 Å². The first-order valence-electron chi connectivity index (χ1n) is 17.2. The van der Waals surface area contributed by atoms with E-state index in [0.29, 0.717) is 32.4 Å². The topological polar surface area (TPSA) is 114 Å². The molecule has 258 valence electrons. The fourth-order valence-electron chi connectivity index (χ4n) is 7.41. The van der Waals surface area contributed by atoms with E-state index in [9.17, 15) is 24.3 Å². The van der Waals surface area contributed by atoms with Gasteiger partial charge in [-0.05, 0) is 75.9 Å². The first-order valence-corrected chi connectivity index (χ1v) is 17.2. The maximum absolute atomic E-state index is 14.3. The number of carbonyl (C=O) groups excluding carboxylic acids is 4. The number of amides is 4. The lowest BCUT2D eigenvalue weighted by atomic mass is 9.96. The van der Waals surface area contributed by atoms with Crippen LogP contribution < -0.4 is 5.32 Å². The van der Waals surface area contributed by atoms with Gasteiger partial charge in [0.25, 0.3) is 0 Å². The monoisotopic (exact) mass is 641 g/mol. The SMILES string of the molecule is CC(C)[C@H](NC(=O)[C@H](C(C)C)N(C)C)C(=O)N(C)[C@H](C(=O)N1CCC[C@H]1C(=O)N1CCC[C@H]1[C@H](O)CCc1ccccc1)C(C)C. The molecular formula is C36H59N5O5. The molecule has 3 rings (SSSR count). The highest BCUT2D eigenvalue weighted by atomic mass is 16.3. The first kappa shape index (κ1) is 37.5. The average Bonchev–Trinajstić information content (AvgIpc) is 3.68. The van der Waals surface area contributed by atoms with Crippen molar-refractivity contribution in [3.8, 4) is 0 Å². The Hall–Kier alpha value is -2.98. The zero-order chi connectivity index (χ0) is 34.3. The van der Waals surface area contributed by atoms with Crippen molar-refractivity contribution in [3.63, 3.8) is 0 Å². The van der Waals surface area contributed by atoms with Crippen LogP contribution in [0.2, 0.25) is 0 Å². The summed E-state index contributed by atoms with van der Waals surface area (Å²) in [7, 11) is 5.32. The summed E-state index contributed by atoms with van der Waals surface area (Å²) < 4.78 is 0. The molecule has 1 aromatic carbocycles. The number of likely N-dealkylation sites (tertiary alicyclic amines) is 2. The number of carbonyl (C=O) groups is 4. The van der Waals surface area contributed by atoms with Crippen molar-refractivity contribution in [1.29, 1.82) is 0 Å². The molecule has 1 aromatic rings. The fourth-order valence-corrected chi connectivity index (χ4v) is 7.41. The Morgan fingerprint density at radius 1 is 0.848 bits per heavy atom. The maximum atomic E-state index is 14.3. The van der Waals surface area contributed by atoms with E-state index in [1.54, 1.807) is 16.8 Å². The Balaban J connectivity index is 1.74. The van der Waals surface area contributed by atoms with Crippen LogP contribution in [0.5, 0.6) is 0 Å². The van der Waals surface area contributed by atoms with E-state index in [1.165, 1.54) is 4.90 Å². The van der Waals surface area contributed by atoms with E-state index in [-0.39, 0.29) is 47.4 Å². The molecule has 2 fully saturated rings. The van der Waals surface area contributed by atoms with Crippen molar-refractivity contribution < 1.29 is 24.3 Å². The van der Waals surface area contributed by atoms with Gasteiger partial charge in [0.1, 0.15) is 18.1 Å². The summed E-state index contributed by atoms with van der Waals surface area (Å²) >= 11 is 0. The molecule has 2 N–H and O–H groups in total. The summed E-state index contributed by atoms with van der Waals surface area (Å²) in [5, 5.41) is 14.1. The third-order valence-electron chi connectivity index (χ3n) is 9.76. The second-order valence-corrected chi connectivity index (χ2v) is 14.5. The van der Waals surface area contributed by atoms with Gasteiger partial charge in [-0.2, -0.15) is 0 Å². The molecule has 0 radical (unpaired) electrons. The van der Waals surface area contributed by atoms with E-state index >= 15 is 0 Å². The Morgan fingerprint density at radius 2 is 1.43 bits per heavy atom. The minimum atomic E-state index is -0.800. The lowest BCUT2D eigenvalue weighted by Gasteiger charge is -2.39. The van der Waals surface area contributed by atoms with Crippen molar-refractivity contribution in [1.82, 2.24) is 24.9 Å². The highest BCUT2D eigenvalue weighted by Crippen LogP contribution is 2.29. The largest absolute Gasteiger partial charge is 0.391 e. The molecule has 4 amide bonds. The van der Waals surface area contributed by atoms with Crippen LogP contribution in [0.4, 0.5) is 0 Å². The fraction of sp³-hybridized carbons (Fsp3) is 0.722. The Kier molecular flexibility index (Phi) is 13.6. The van der Waals surface area contributed by atoms with Gasteiger partial charge in [0, 0.05) is 20.1 Å². The van der Waals surface area contributed by atoms with Gasteiger partial charge in [0.05, 0.1) is 18.2 Å². The normalized spacial score (nSPS) is 21.2. The zero-order valence-corrected chi connectivity index (χ0v) is 29.6. The molecule has 2 aliphatic heterocycles. The van der Waals surface area contributed by atoms with Crippen LogP contribution in [0, 0.1) is 17.8 Å². The number of aryl methyl sites for hydroxylation is 1. The molecule has 6 atom stereocenters. The van der Waals surface area contributed by atoms with Crippen LogP contribution in [-0.2, 0) is 25.6 Å². The minimum Gasteiger partial charge on any atom is -0.391 e. The first-order chi connectivity index (χ1) is 21.7. The molecule has 10 heteroatoms. The number of hydrogen-bond donors (Lipinski definition) is 2. The number of nitrogens with one attached hydrogen (secondary N) is 1. The second kappa shape index (κ2) is 16.7. The van der Waals surface area contributed by atoms with E-state index in [2.05, 4.69) is 5.32 Å². The smallest absolute Gasteiger partial charge is 0.246 e. The zero-order valence-electron chi connectivity index (χ0n) is 29.6. The number of hydrogen-bond acceptors (Lipinski definition) is 6. The van der Waals surface area contributed by atoms with Gasteiger partial charge >= 0.3 is 0 Å². The molecule has 2 heterocycles. The Bertz CT molecular complexity index is 1160. The molecule has 10 nitrogen and oxygen atoms in total. The van der Waals surface area contributed by atoms with Crippen LogP contribution in [0.25, 0.3) is 0 Å². The summed E-state index contributed by atoms with van der Waals surface area (Å²) in [6.07, 6.45) is 3.47. The third kappa shape index (κ3) is 8.88. The summed E-state index contributed by atoms with van der Waals surface area (Å²) in [4.78, 5) is 62.3. The van der Waals surface area contributed by atoms with E-state index in [1.807, 2.05) is 90.9 Å². The third-order valence-corrected chi connectivity index (χ3v) is 9.76. The molecule has 2 saturated heterocycles. The number of rotatable bonds is 14. The van der Waals surface area contributed by atoms with Crippen molar-refractivity contribution in [2.45, 2.75) is 116 Å². The molecule has 0 aliphatic carbocycles. The molecule has 2 aliphatic rings. The van der Waals surface area contributed by atoms with Gasteiger partial charge < -0.3 is 25.1 Å². The van der Waals surface area contributed by atoms with Gasteiger partial charge in [0.15, 0.2) is 0 Å². The average molecular weight is 642 g/mol. The molecule has 46 heavy (non-hydrogen) atoms. The van der Waals surface area contributed by atoms with Crippen LogP contribution in [-0.4, -0.2) is 119 Å². The lowest BCUT2D eigenvalue weighted by molar-refractivity contribution is -0.153. The number of likely N-dealkylation sites (N-methyl/N-ethyl adjacent to an activating group) is 2. The second-order valence-electron chi connectivity index (χ2n) is 14.5. The standard InChI is InChI=1S/C36H59N5O5/c1-23(2)30(37-33(43)31(24(3)4)38(7)8)35(45)39(9)32(25(5)6)36(46)41-22-14-18-28(41)34(44)40-21-13-17-27(40)29(42)20-19-26-15-11-10-12-16-26/h10-12,15-16,23-25,27-32,42H,13-14,17-22H2,1-9H3,(H,37,43)/t27-,28-,29+,30-,31-,32-/m0/s1. The van der Waals surface area contributed by atoms with Gasteiger partial charge in [0.2, 0.25) is 23.6 Å².